The molecule has 0 aliphatic rings. The molecule has 0 aliphatic heterocycles. The molecule has 0 aromatic heterocycles. The lowest BCUT2D eigenvalue weighted by Crippen LogP contribution is -2.29. The van der Waals surface area contributed by atoms with E-state index < -0.39 is 0 Å². The molecule has 0 atom stereocenters. The van der Waals surface area contributed by atoms with E-state index in [-0.39, 0.29) is 0 Å². The maximum absolute atomic E-state index is 3.56. The van der Waals surface area contributed by atoms with Gasteiger partial charge in [0, 0.05) is 28.6 Å². The summed E-state index contributed by atoms with van der Waals surface area (Å²) in [7, 11) is 0. The maximum Gasteiger partial charge on any atom is 0.0231 e. The quantitative estimate of drug-likeness (QED) is 0.724. The van der Waals surface area contributed by atoms with Gasteiger partial charge in [0.25, 0.3) is 0 Å². The van der Waals surface area contributed by atoms with E-state index >= 15 is 0 Å². The molecule has 2 nitrogen and oxygen atoms in total. The van der Waals surface area contributed by atoms with Gasteiger partial charge in [-0.15, -0.1) is 0 Å². The average molecular weight is 364 g/mol. The highest BCUT2D eigenvalue weighted by atomic mass is 79.9. The molecule has 4 heteroatoms. The van der Waals surface area contributed by atoms with E-state index in [1.165, 1.54) is 5.56 Å². The Morgan fingerprint density at radius 3 is 2.47 bits per heavy atom. The van der Waals surface area contributed by atoms with Crippen LogP contribution < -0.4 is 10.6 Å². The van der Waals surface area contributed by atoms with Gasteiger partial charge in [-0.3, -0.25) is 0 Å². The average Bonchev–Trinajstić information content (AvgIpc) is 2.25. The van der Waals surface area contributed by atoms with Gasteiger partial charge < -0.3 is 10.6 Å². The first-order valence-corrected chi connectivity index (χ1v) is 7.53. The van der Waals surface area contributed by atoms with E-state index in [2.05, 4.69) is 74.5 Å². The first-order valence-electron chi connectivity index (χ1n) is 5.95. The number of nitrogens with one attached hydrogen (secondary N) is 2. The Kier molecular flexibility index (Phi) is 7.35. The predicted molar refractivity (Wildman–Crippen MR) is 81.3 cm³/mol. The minimum absolute atomic E-state index is 0.718. The second kappa shape index (κ2) is 8.25. The molecule has 96 valence electrons. The summed E-state index contributed by atoms with van der Waals surface area (Å²) in [5, 5.41) is 6.84. The van der Waals surface area contributed by atoms with E-state index in [1.807, 2.05) is 0 Å². The lowest BCUT2D eigenvalue weighted by Gasteiger charge is -2.09. The Balaban J connectivity index is 2.18. The van der Waals surface area contributed by atoms with Crippen molar-refractivity contribution in [3.63, 3.8) is 0 Å². The summed E-state index contributed by atoms with van der Waals surface area (Å²) in [6.07, 6.45) is 0. The molecule has 0 saturated heterocycles. The van der Waals surface area contributed by atoms with E-state index in [0.29, 0.717) is 0 Å². The van der Waals surface area contributed by atoms with E-state index in [9.17, 15) is 0 Å². The van der Waals surface area contributed by atoms with Crippen LogP contribution in [0, 0.1) is 5.92 Å². The van der Waals surface area contributed by atoms with Crippen LogP contribution >= 0.6 is 31.9 Å². The van der Waals surface area contributed by atoms with Crippen molar-refractivity contribution >= 4 is 31.9 Å². The molecule has 0 radical (unpaired) electrons. The summed E-state index contributed by atoms with van der Waals surface area (Å²) in [6, 6.07) is 6.27. The van der Waals surface area contributed by atoms with Gasteiger partial charge in [-0.2, -0.15) is 0 Å². The minimum Gasteiger partial charge on any atom is -0.315 e. The Morgan fingerprint density at radius 1 is 1.12 bits per heavy atom. The van der Waals surface area contributed by atoms with Gasteiger partial charge in [-0.05, 0) is 30.2 Å². The standard InChI is InChI=1S/C13H20Br2N2/c1-10(2)8-16-5-6-17-9-11-3-4-12(14)7-13(11)15/h3-4,7,10,16-17H,5-6,8-9H2,1-2H3. The van der Waals surface area contributed by atoms with Gasteiger partial charge in [0.05, 0.1) is 0 Å². The van der Waals surface area contributed by atoms with Crippen molar-refractivity contribution in [1.29, 1.82) is 0 Å². The molecule has 0 fully saturated rings. The van der Waals surface area contributed by atoms with Crippen molar-refractivity contribution in [1.82, 2.24) is 10.6 Å². The van der Waals surface area contributed by atoms with Crippen LogP contribution in [-0.2, 0) is 6.54 Å². The van der Waals surface area contributed by atoms with Crippen molar-refractivity contribution in [2.24, 2.45) is 5.92 Å². The summed E-state index contributed by atoms with van der Waals surface area (Å²) in [4.78, 5) is 0. The third-order valence-corrected chi connectivity index (χ3v) is 3.59. The molecule has 0 aliphatic carbocycles. The summed E-state index contributed by atoms with van der Waals surface area (Å²) in [6.45, 7) is 8.45. The van der Waals surface area contributed by atoms with Gasteiger partial charge in [-0.25, -0.2) is 0 Å². The maximum atomic E-state index is 3.56. The van der Waals surface area contributed by atoms with Crippen LogP contribution in [0.25, 0.3) is 0 Å². The van der Waals surface area contributed by atoms with E-state index in [4.69, 9.17) is 0 Å². The third-order valence-electron chi connectivity index (χ3n) is 2.36. The molecular weight excluding hydrogens is 344 g/mol. The lowest BCUT2D eigenvalue weighted by molar-refractivity contribution is 0.535. The van der Waals surface area contributed by atoms with Gasteiger partial charge in [-0.1, -0.05) is 51.8 Å². The SMILES string of the molecule is CC(C)CNCCNCc1ccc(Br)cc1Br. The molecule has 0 spiro atoms. The summed E-state index contributed by atoms with van der Waals surface area (Å²) in [5.74, 6) is 0.718. The fourth-order valence-corrected chi connectivity index (χ4v) is 2.64. The Morgan fingerprint density at radius 2 is 1.82 bits per heavy atom. The van der Waals surface area contributed by atoms with Crippen molar-refractivity contribution in [3.8, 4) is 0 Å². The molecule has 2 N–H and O–H groups in total. The van der Waals surface area contributed by atoms with Crippen LogP contribution in [-0.4, -0.2) is 19.6 Å². The number of halogens is 2. The van der Waals surface area contributed by atoms with Crippen molar-refractivity contribution in [3.05, 3.63) is 32.7 Å². The zero-order valence-electron chi connectivity index (χ0n) is 10.4. The van der Waals surface area contributed by atoms with Crippen LogP contribution in [0.1, 0.15) is 19.4 Å². The van der Waals surface area contributed by atoms with Gasteiger partial charge in [0.15, 0.2) is 0 Å². The highest BCUT2D eigenvalue weighted by molar-refractivity contribution is 9.11. The molecule has 0 unspecified atom stereocenters. The second-order valence-corrected chi connectivity index (χ2v) is 6.28. The number of rotatable bonds is 7. The molecule has 1 aromatic rings. The third kappa shape index (κ3) is 6.55. The summed E-state index contributed by atoms with van der Waals surface area (Å²) in [5.41, 5.74) is 1.29. The molecule has 1 aromatic carbocycles. The van der Waals surface area contributed by atoms with Gasteiger partial charge in [0.2, 0.25) is 0 Å². The fourth-order valence-electron chi connectivity index (χ4n) is 1.46. The smallest absolute Gasteiger partial charge is 0.0231 e. The Labute approximate surface area is 121 Å². The first kappa shape index (κ1) is 15.2. The van der Waals surface area contributed by atoms with Crippen molar-refractivity contribution < 1.29 is 0 Å². The van der Waals surface area contributed by atoms with Crippen LogP contribution in [0.4, 0.5) is 0 Å². The Bertz CT molecular complexity index is 340. The summed E-state index contributed by atoms with van der Waals surface area (Å²) >= 11 is 7.02. The molecule has 0 amide bonds. The topological polar surface area (TPSA) is 24.1 Å². The summed E-state index contributed by atoms with van der Waals surface area (Å²) < 4.78 is 2.25. The van der Waals surface area contributed by atoms with Crippen LogP contribution in [0.2, 0.25) is 0 Å². The monoisotopic (exact) mass is 362 g/mol. The van der Waals surface area contributed by atoms with Crippen molar-refractivity contribution in [2.45, 2.75) is 20.4 Å². The number of benzene rings is 1. The van der Waals surface area contributed by atoms with Crippen molar-refractivity contribution in [2.75, 3.05) is 19.6 Å². The molecule has 17 heavy (non-hydrogen) atoms. The van der Waals surface area contributed by atoms with E-state index in [1.54, 1.807) is 0 Å². The predicted octanol–water partition coefficient (Wildman–Crippen LogP) is 3.55. The molecule has 1 rings (SSSR count). The molecule has 0 saturated carbocycles. The first-order chi connectivity index (χ1) is 8.09. The van der Waals surface area contributed by atoms with Gasteiger partial charge >= 0.3 is 0 Å². The highest BCUT2D eigenvalue weighted by Gasteiger charge is 1.99. The Hall–Kier alpha value is 0.1000. The van der Waals surface area contributed by atoms with Crippen LogP contribution in [0.3, 0.4) is 0 Å². The molecule has 0 bridgehead atoms. The molecular formula is C13H20Br2N2. The highest BCUT2D eigenvalue weighted by Crippen LogP contribution is 2.21. The largest absolute Gasteiger partial charge is 0.315 e. The number of hydrogen-bond donors (Lipinski definition) is 2. The molecule has 0 heterocycles. The number of hydrogen-bond acceptors (Lipinski definition) is 2. The van der Waals surface area contributed by atoms with Crippen LogP contribution in [0.5, 0.6) is 0 Å². The second-order valence-electron chi connectivity index (χ2n) is 4.51. The lowest BCUT2D eigenvalue weighted by atomic mass is 10.2. The minimum atomic E-state index is 0.718. The zero-order chi connectivity index (χ0) is 12.7. The normalized spacial score (nSPS) is 11.1. The zero-order valence-corrected chi connectivity index (χ0v) is 13.6. The van der Waals surface area contributed by atoms with E-state index in [0.717, 1.165) is 41.0 Å². The fraction of sp³-hybridized carbons (Fsp3) is 0.538. The van der Waals surface area contributed by atoms with Crippen LogP contribution in [0.15, 0.2) is 27.1 Å². The van der Waals surface area contributed by atoms with Gasteiger partial charge in [0.1, 0.15) is 0 Å².